The molecule has 1 aromatic carbocycles. The Morgan fingerprint density at radius 2 is 2.00 bits per heavy atom. The third-order valence-electron chi connectivity index (χ3n) is 2.47. The zero-order chi connectivity index (χ0) is 13.8. The minimum absolute atomic E-state index is 0. The van der Waals surface area contributed by atoms with Gasteiger partial charge in [0, 0.05) is 31.9 Å². The lowest BCUT2D eigenvalue weighted by Crippen LogP contribution is -2.37. The van der Waals surface area contributed by atoms with Gasteiger partial charge < -0.3 is 16.0 Å². The highest BCUT2D eigenvalue weighted by Gasteiger charge is 1.94. The van der Waals surface area contributed by atoms with Gasteiger partial charge in [-0.1, -0.05) is 24.3 Å². The fourth-order valence-electron chi connectivity index (χ4n) is 1.57. The second-order valence-electron chi connectivity index (χ2n) is 4.08. The number of guanidine groups is 1. The topological polar surface area (TPSA) is 48.5 Å². The highest BCUT2D eigenvalue weighted by atomic mass is 127. The van der Waals surface area contributed by atoms with Crippen LogP contribution in [0.25, 0.3) is 0 Å². The molecule has 0 aliphatic rings. The summed E-state index contributed by atoms with van der Waals surface area (Å²) in [6.07, 6.45) is 2.82. The number of benzene rings is 1. The minimum Gasteiger partial charge on any atom is -0.385 e. The molecule has 0 amide bonds. The number of aliphatic imine (C=N–C) groups is 1. The molecule has 0 unspecified atom stereocenters. The van der Waals surface area contributed by atoms with Gasteiger partial charge in [0.1, 0.15) is 0 Å². The summed E-state index contributed by atoms with van der Waals surface area (Å²) in [5, 5.41) is 9.74. The van der Waals surface area contributed by atoms with Crippen LogP contribution in [0.5, 0.6) is 0 Å². The average Bonchev–Trinajstić information content (AvgIpc) is 2.45. The molecule has 0 aliphatic carbocycles. The number of rotatable bonds is 8. The third-order valence-corrected chi connectivity index (χ3v) is 2.47. The van der Waals surface area contributed by atoms with E-state index < -0.39 is 0 Å². The lowest BCUT2D eigenvalue weighted by molar-refractivity contribution is 0.825. The van der Waals surface area contributed by atoms with Gasteiger partial charge in [0.15, 0.2) is 5.96 Å². The first kappa shape index (κ1) is 18.8. The Morgan fingerprint density at radius 3 is 2.65 bits per heavy atom. The van der Waals surface area contributed by atoms with E-state index in [1.807, 2.05) is 24.3 Å². The molecule has 1 aromatic rings. The van der Waals surface area contributed by atoms with Crippen LogP contribution in [0.4, 0.5) is 5.69 Å². The summed E-state index contributed by atoms with van der Waals surface area (Å²) in [4.78, 5) is 4.49. The first-order chi connectivity index (χ1) is 9.36. The molecule has 0 heterocycles. The largest absolute Gasteiger partial charge is 0.385 e. The Kier molecular flexibility index (Phi) is 12.0. The number of hydrogen-bond donors (Lipinski definition) is 3. The SMILES string of the molecule is C=CCNC(=NCCCNc1ccccc1)NCC.I. The summed E-state index contributed by atoms with van der Waals surface area (Å²) in [6.45, 7) is 9.06. The molecule has 5 heteroatoms. The maximum atomic E-state index is 4.49. The van der Waals surface area contributed by atoms with E-state index in [4.69, 9.17) is 0 Å². The summed E-state index contributed by atoms with van der Waals surface area (Å²) in [7, 11) is 0. The lowest BCUT2D eigenvalue weighted by Gasteiger charge is -2.09. The number of para-hydroxylation sites is 1. The molecule has 0 bridgehead atoms. The molecule has 0 saturated carbocycles. The summed E-state index contributed by atoms with van der Waals surface area (Å²) in [6, 6.07) is 10.2. The molecular weight excluding hydrogens is 363 g/mol. The summed E-state index contributed by atoms with van der Waals surface area (Å²) < 4.78 is 0. The molecule has 4 nitrogen and oxygen atoms in total. The maximum Gasteiger partial charge on any atom is 0.191 e. The summed E-state index contributed by atoms with van der Waals surface area (Å²) >= 11 is 0. The number of nitrogens with zero attached hydrogens (tertiary/aromatic N) is 1. The van der Waals surface area contributed by atoms with E-state index in [1.165, 1.54) is 0 Å². The van der Waals surface area contributed by atoms with E-state index in [2.05, 4.69) is 46.6 Å². The predicted octanol–water partition coefficient (Wildman–Crippen LogP) is 2.85. The molecule has 3 N–H and O–H groups in total. The van der Waals surface area contributed by atoms with Gasteiger partial charge in [-0.2, -0.15) is 0 Å². The van der Waals surface area contributed by atoms with E-state index in [0.717, 1.165) is 44.2 Å². The van der Waals surface area contributed by atoms with E-state index in [0.29, 0.717) is 0 Å². The van der Waals surface area contributed by atoms with Gasteiger partial charge in [-0.05, 0) is 25.5 Å². The van der Waals surface area contributed by atoms with Crippen LogP contribution in [0.2, 0.25) is 0 Å². The van der Waals surface area contributed by atoms with Gasteiger partial charge in [-0.25, -0.2) is 0 Å². The van der Waals surface area contributed by atoms with Crippen molar-refractivity contribution in [2.75, 3.05) is 31.5 Å². The van der Waals surface area contributed by atoms with Crippen LogP contribution in [0.3, 0.4) is 0 Å². The predicted molar refractivity (Wildman–Crippen MR) is 99.1 cm³/mol. The van der Waals surface area contributed by atoms with Gasteiger partial charge in [-0.3, -0.25) is 4.99 Å². The van der Waals surface area contributed by atoms with E-state index in [9.17, 15) is 0 Å². The van der Waals surface area contributed by atoms with Crippen LogP contribution in [0, 0.1) is 0 Å². The van der Waals surface area contributed by atoms with Crippen molar-refractivity contribution in [3.63, 3.8) is 0 Å². The van der Waals surface area contributed by atoms with Gasteiger partial charge in [0.25, 0.3) is 0 Å². The number of hydrogen-bond acceptors (Lipinski definition) is 2. The van der Waals surface area contributed by atoms with Gasteiger partial charge in [-0.15, -0.1) is 30.6 Å². The number of halogens is 1. The smallest absolute Gasteiger partial charge is 0.191 e. The van der Waals surface area contributed by atoms with E-state index >= 15 is 0 Å². The second kappa shape index (κ2) is 12.8. The van der Waals surface area contributed by atoms with E-state index in [-0.39, 0.29) is 24.0 Å². The third kappa shape index (κ3) is 8.79. The molecule has 0 atom stereocenters. The van der Waals surface area contributed by atoms with Gasteiger partial charge >= 0.3 is 0 Å². The summed E-state index contributed by atoms with van der Waals surface area (Å²) in [5.74, 6) is 0.849. The first-order valence-electron chi connectivity index (χ1n) is 6.78. The highest BCUT2D eigenvalue weighted by Crippen LogP contribution is 2.04. The number of anilines is 1. The summed E-state index contributed by atoms with van der Waals surface area (Å²) in [5.41, 5.74) is 1.16. The van der Waals surface area contributed by atoms with Crippen LogP contribution in [-0.4, -0.2) is 32.1 Å². The molecular formula is C15H25IN4. The monoisotopic (exact) mass is 388 g/mol. The fourth-order valence-corrected chi connectivity index (χ4v) is 1.57. The Hall–Kier alpha value is -1.24. The van der Waals surface area contributed by atoms with Crippen molar-refractivity contribution in [3.8, 4) is 0 Å². The average molecular weight is 388 g/mol. The Balaban J connectivity index is 0.00000361. The normalized spacial score (nSPS) is 10.3. The molecule has 0 radical (unpaired) electrons. The Bertz CT molecular complexity index is 379. The molecule has 0 saturated heterocycles. The van der Waals surface area contributed by atoms with Crippen molar-refractivity contribution in [1.82, 2.24) is 10.6 Å². The van der Waals surface area contributed by atoms with Crippen molar-refractivity contribution >= 4 is 35.6 Å². The van der Waals surface area contributed by atoms with Crippen LogP contribution in [-0.2, 0) is 0 Å². The van der Waals surface area contributed by atoms with Crippen LogP contribution in [0.15, 0.2) is 48.0 Å². The molecule has 112 valence electrons. The first-order valence-corrected chi connectivity index (χ1v) is 6.78. The lowest BCUT2D eigenvalue weighted by atomic mass is 10.3. The van der Waals surface area contributed by atoms with Crippen molar-refractivity contribution in [1.29, 1.82) is 0 Å². The standard InChI is InChI=1S/C15H24N4.HI/c1-3-11-18-15(16-4-2)19-13-8-12-17-14-9-6-5-7-10-14;/h3,5-7,9-10,17H,1,4,8,11-13H2,2H3,(H2,16,18,19);1H. The maximum absolute atomic E-state index is 4.49. The van der Waals surface area contributed by atoms with Crippen molar-refractivity contribution in [2.45, 2.75) is 13.3 Å². The fraction of sp³-hybridized carbons (Fsp3) is 0.400. The van der Waals surface area contributed by atoms with Crippen LogP contribution in [0.1, 0.15) is 13.3 Å². The highest BCUT2D eigenvalue weighted by molar-refractivity contribution is 14.0. The molecule has 0 fully saturated rings. The van der Waals surface area contributed by atoms with E-state index in [1.54, 1.807) is 0 Å². The zero-order valence-corrected chi connectivity index (χ0v) is 14.4. The molecule has 0 spiro atoms. The van der Waals surface area contributed by atoms with Crippen LogP contribution >= 0.6 is 24.0 Å². The molecule has 0 aliphatic heterocycles. The minimum atomic E-state index is 0. The molecule has 0 aromatic heterocycles. The van der Waals surface area contributed by atoms with Crippen molar-refractivity contribution in [3.05, 3.63) is 43.0 Å². The number of nitrogens with one attached hydrogen (secondary N) is 3. The molecule has 20 heavy (non-hydrogen) atoms. The quantitative estimate of drug-likeness (QED) is 0.211. The van der Waals surface area contributed by atoms with Crippen molar-refractivity contribution in [2.24, 2.45) is 4.99 Å². The Labute approximate surface area is 139 Å². The second-order valence-corrected chi connectivity index (χ2v) is 4.08. The Morgan fingerprint density at radius 1 is 1.25 bits per heavy atom. The van der Waals surface area contributed by atoms with Crippen molar-refractivity contribution < 1.29 is 0 Å². The van der Waals surface area contributed by atoms with Gasteiger partial charge in [0.05, 0.1) is 0 Å². The zero-order valence-electron chi connectivity index (χ0n) is 12.1. The van der Waals surface area contributed by atoms with Gasteiger partial charge in [0.2, 0.25) is 0 Å². The van der Waals surface area contributed by atoms with Crippen LogP contribution < -0.4 is 16.0 Å². The molecule has 1 rings (SSSR count).